The molecular weight excluding hydrogens is 479 g/mol. The summed E-state index contributed by atoms with van der Waals surface area (Å²) in [6, 6.07) is 15.1. The number of allylic oxidation sites excluding steroid dienone is 3. The van der Waals surface area contributed by atoms with Crippen LogP contribution in [0.1, 0.15) is 26.3 Å². The van der Waals surface area contributed by atoms with Gasteiger partial charge in [0.05, 0.1) is 5.57 Å². The molecule has 8 heteroatoms. The molecule has 3 rings (SSSR count). The first-order valence-corrected chi connectivity index (χ1v) is 11.4. The number of ketones is 1. The van der Waals surface area contributed by atoms with Crippen LogP contribution >= 0.6 is 11.6 Å². The lowest BCUT2D eigenvalue weighted by Crippen LogP contribution is -2.23. The van der Waals surface area contributed by atoms with E-state index in [9.17, 15) is 9.18 Å². The summed E-state index contributed by atoms with van der Waals surface area (Å²) in [4.78, 5) is 21.7. The molecule has 184 valence electrons. The first-order valence-electron chi connectivity index (χ1n) is 11.0. The molecule has 0 amide bonds. The standard InChI is InChI=1S/C28H26ClFN4O2/c1-5-20(18-10-8-7-9-11-18)26(35)24(17(3)4)28(32-6-2)34-19-12-13-22(21(30)16-19)36-23-14-15-33-27(31)25(23)29/h5-16H,2H2,1,3-4H3,(H2,31,33)(H,32,34)/b20-5-. The Hall–Kier alpha value is -4.23. The minimum atomic E-state index is -0.659. The Bertz CT molecular complexity index is 1380. The van der Waals surface area contributed by atoms with Crippen LogP contribution in [0.3, 0.4) is 0 Å². The zero-order valence-corrected chi connectivity index (χ0v) is 20.9. The van der Waals surface area contributed by atoms with Gasteiger partial charge in [-0.3, -0.25) is 4.79 Å². The lowest BCUT2D eigenvalue weighted by atomic mass is 9.93. The second-order valence-corrected chi connectivity index (χ2v) is 8.19. The smallest absolute Gasteiger partial charge is 0.196 e. The molecule has 36 heavy (non-hydrogen) atoms. The first kappa shape index (κ1) is 26.4. The average Bonchev–Trinajstić information content (AvgIpc) is 2.85. The van der Waals surface area contributed by atoms with Crippen LogP contribution in [0.25, 0.3) is 5.57 Å². The highest BCUT2D eigenvalue weighted by Gasteiger charge is 2.23. The second-order valence-electron chi connectivity index (χ2n) is 7.81. The van der Waals surface area contributed by atoms with Gasteiger partial charge in [0.2, 0.25) is 0 Å². The van der Waals surface area contributed by atoms with Crippen molar-refractivity contribution in [3.05, 3.63) is 107 Å². The van der Waals surface area contributed by atoms with Gasteiger partial charge in [-0.2, -0.15) is 0 Å². The first-order chi connectivity index (χ1) is 17.3. The van der Waals surface area contributed by atoms with Crippen molar-refractivity contribution in [2.75, 3.05) is 11.1 Å². The van der Waals surface area contributed by atoms with Gasteiger partial charge in [-0.15, -0.1) is 0 Å². The number of anilines is 2. The van der Waals surface area contributed by atoms with Crippen LogP contribution in [0.2, 0.25) is 5.02 Å². The molecule has 0 aliphatic carbocycles. The van der Waals surface area contributed by atoms with E-state index >= 15 is 0 Å². The van der Waals surface area contributed by atoms with E-state index in [1.807, 2.05) is 44.2 Å². The number of nitrogens with two attached hydrogens (primary N) is 1. The minimum Gasteiger partial charge on any atom is -0.453 e. The second kappa shape index (κ2) is 12.0. The summed E-state index contributed by atoms with van der Waals surface area (Å²) in [5.41, 5.74) is 8.42. The monoisotopic (exact) mass is 504 g/mol. The molecule has 0 atom stereocenters. The lowest BCUT2D eigenvalue weighted by Gasteiger charge is -2.17. The number of aliphatic imine (C=N–C) groups is 1. The van der Waals surface area contributed by atoms with Crippen molar-refractivity contribution in [2.24, 2.45) is 4.99 Å². The van der Waals surface area contributed by atoms with E-state index in [0.29, 0.717) is 16.8 Å². The van der Waals surface area contributed by atoms with Gasteiger partial charge in [0.1, 0.15) is 16.7 Å². The Morgan fingerprint density at radius 3 is 2.50 bits per heavy atom. The maximum Gasteiger partial charge on any atom is 0.196 e. The summed E-state index contributed by atoms with van der Waals surface area (Å²) >= 11 is 6.09. The summed E-state index contributed by atoms with van der Waals surface area (Å²) in [7, 11) is 0. The number of hydrogen-bond donors (Lipinski definition) is 2. The summed E-state index contributed by atoms with van der Waals surface area (Å²) in [6.45, 7) is 9.09. The number of nitrogens with zero attached hydrogens (tertiary/aromatic N) is 2. The van der Waals surface area contributed by atoms with Crippen molar-refractivity contribution in [3.8, 4) is 11.5 Å². The number of halogens is 2. The number of nitrogen functional groups attached to an aromatic ring is 1. The van der Waals surface area contributed by atoms with Crippen molar-refractivity contribution < 1.29 is 13.9 Å². The summed E-state index contributed by atoms with van der Waals surface area (Å²) < 4.78 is 20.5. The van der Waals surface area contributed by atoms with E-state index in [1.54, 1.807) is 19.1 Å². The maximum atomic E-state index is 14.9. The molecule has 1 heterocycles. The van der Waals surface area contributed by atoms with Crippen LogP contribution < -0.4 is 15.8 Å². The predicted octanol–water partition coefficient (Wildman–Crippen LogP) is 7.21. The SMILES string of the molecule is C=C/N=C(/Nc1ccc(Oc2ccnc(N)c2Cl)c(F)c1)C(C(=O)/C(=C\C)c1ccccc1)=C(C)C. The van der Waals surface area contributed by atoms with Crippen LogP contribution in [0, 0.1) is 5.82 Å². The minimum absolute atomic E-state index is 0.0611. The Balaban J connectivity index is 1.91. The number of carbonyl (C=O) groups is 1. The van der Waals surface area contributed by atoms with Crippen LogP contribution in [0.5, 0.6) is 11.5 Å². The Kier molecular flexibility index (Phi) is 8.76. The number of hydrogen-bond acceptors (Lipinski definition) is 5. The highest BCUT2D eigenvalue weighted by molar-refractivity contribution is 6.40. The third-order valence-electron chi connectivity index (χ3n) is 5.10. The van der Waals surface area contributed by atoms with E-state index < -0.39 is 5.82 Å². The quantitative estimate of drug-likeness (QED) is 0.192. The third-order valence-corrected chi connectivity index (χ3v) is 5.48. The van der Waals surface area contributed by atoms with Gasteiger partial charge in [-0.1, -0.05) is 60.2 Å². The van der Waals surface area contributed by atoms with Crippen molar-refractivity contribution in [3.63, 3.8) is 0 Å². The van der Waals surface area contributed by atoms with Crippen LogP contribution in [-0.4, -0.2) is 16.6 Å². The number of carbonyl (C=O) groups excluding carboxylic acids is 1. The zero-order chi connectivity index (χ0) is 26.2. The van der Waals surface area contributed by atoms with E-state index in [4.69, 9.17) is 22.1 Å². The molecule has 0 fully saturated rings. The molecule has 0 aliphatic heterocycles. The molecule has 0 unspecified atom stereocenters. The van der Waals surface area contributed by atoms with Gasteiger partial charge in [0, 0.05) is 35.8 Å². The van der Waals surface area contributed by atoms with Gasteiger partial charge in [0.25, 0.3) is 0 Å². The third kappa shape index (κ3) is 6.06. The number of ether oxygens (including phenoxy) is 1. The molecular formula is C28H26ClFN4O2. The molecule has 6 nitrogen and oxygen atoms in total. The lowest BCUT2D eigenvalue weighted by molar-refractivity contribution is -0.110. The van der Waals surface area contributed by atoms with Gasteiger partial charge in [-0.25, -0.2) is 14.4 Å². The van der Waals surface area contributed by atoms with E-state index in [2.05, 4.69) is 21.9 Å². The van der Waals surface area contributed by atoms with E-state index in [1.165, 1.54) is 30.6 Å². The van der Waals surface area contributed by atoms with Crippen LogP contribution in [-0.2, 0) is 4.79 Å². The molecule has 1 aromatic heterocycles. The molecule has 2 aromatic carbocycles. The van der Waals surface area contributed by atoms with Gasteiger partial charge < -0.3 is 15.8 Å². The van der Waals surface area contributed by atoms with Gasteiger partial charge >= 0.3 is 0 Å². The number of pyridine rings is 1. The maximum absolute atomic E-state index is 14.9. The van der Waals surface area contributed by atoms with Crippen molar-refractivity contribution in [2.45, 2.75) is 20.8 Å². The topological polar surface area (TPSA) is 89.6 Å². The van der Waals surface area contributed by atoms with E-state index in [0.717, 1.165) is 11.1 Å². The molecule has 0 spiro atoms. The normalized spacial score (nSPS) is 11.6. The number of Topliss-reactive ketones (excluding diaryl/α,β-unsaturated/α-hetero) is 1. The molecule has 3 N–H and O–H groups in total. The van der Waals surface area contributed by atoms with Crippen LogP contribution in [0.4, 0.5) is 15.9 Å². The number of nitrogens with one attached hydrogen (secondary N) is 1. The number of amidine groups is 1. The fourth-order valence-corrected chi connectivity index (χ4v) is 3.59. The summed E-state index contributed by atoms with van der Waals surface area (Å²) in [5.74, 6) is -0.449. The highest BCUT2D eigenvalue weighted by Crippen LogP contribution is 2.34. The molecule has 0 bridgehead atoms. The Morgan fingerprint density at radius 2 is 1.89 bits per heavy atom. The van der Waals surface area contributed by atoms with Gasteiger partial charge in [0.15, 0.2) is 23.1 Å². The van der Waals surface area contributed by atoms with Crippen molar-refractivity contribution in [1.29, 1.82) is 0 Å². The molecule has 0 radical (unpaired) electrons. The molecule has 0 saturated carbocycles. The number of aromatic nitrogens is 1. The van der Waals surface area contributed by atoms with E-state index in [-0.39, 0.29) is 34.0 Å². The fraction of sp³-hybridized carbons (Fsp3) is 0.107. The molecule has 0 aliphatic rings. The van der Waals surface area contributed by atoms with Crippen molar-refractivity contribution in [1.82, 2.24) is 4.98 Å². The largest absolute Gasteiger partial charge is 0.453 e. The summed E-state index contributed by atoms with van der Waals surface area (Å²) in [6.07, 6.45) is 4.49. The summed E-state index contributed by atoms with van der Waals surface area (Å²) in [5, 5.41) is 3.13. The predicted molar refractivity (Wildman–Crippen MR) is 145 cm³/mol. The molecule has 3 aromatic rings. The number of benzene rings is 2. The van der Waals surface area contributed by atoms with Crippen molar-refractivity contribution >= 4 is 40.3 Å². The van der Waals surface area contributed by atoms with Gasteiger partial charge in [-0.05, 0) is 38.5 Å². The number of rotatable bonds is 8. The highest BCUT2D eigenvalue weighted by atomic mass is 35.5. The molecule has 0 saturated heterocycles. The Labute approximate surface area is 214 Å². The zero-order valence-electron chi connectivity index (χ0n) is 20.2. The van der Waals surface area contributed by atoms with Crippen LogP contribution in [0.15, 0.2) is 95.8 Å². The average molecular weight is 505 g/mol. The Morgan fingerprint density at radius 1 is 1.17 bits per heavy atom. The fourth-order valence-electron chi connectivity index (χ4n) is 3.44.